The van der Waals surface area contributed by atoms with Gasteiger partial charge in [-0.2, -0.15) is 0 Å². The molecule has 0 radical (unpaired) electrons. The van der Waals surface area contributed by atoms with E-state index in [4.69, 9.17) is 0 Å². The molecule has 23 heavy (non-hydrogen) atoms. The molecule has 2 aromatic rings. The highest BCUT2D eigenvalue weighted by molar-refractivity contribution is 7.99. The Bertz CT molecular complexity index is 789. The Kier molecular flexibility index (Phi) is 4.47. The van der Waals surface area contributed by atoms with E-state index in [1.807, 2.05) is 6.92 Å². The van der Waals surface area contributed by atoms with Gasteiger partial charge in [0.15, 0.2) is 5.16 Å². The third-order valence-corrected chi connectivity index (χ3v) is 4.72. The first-order valence-corrected chi connectivity index (χ1v) is 8.39. The number of halogens is 1. The minimum absolute atomic E-state index is 0.144. The van der Waals surface area contributed by atoms with Crippen LogP contribution in [0.25, 0.3) is 0 Å². The zero-order chi connectivity index (χ0) is 16.4. The highest BCUT2D eigenvalue weighted by atomic mass is 32.2. The zero-order valence-corrected chi connectivity index (χ0v) is 13.4. The van der Waals surface area contributed by atoms with Crippen LogP contribution in [0.1, 0.15) is 36.8 Å². The highest BCUT2D eigenvalue weighted by Crippen LogP contribution is 2.34. The first-order chi connectivity index (χ1) is 11.1. The number of benzene rings is 1. The SMILES string of the molecule is CCCSc1nc2c(c(=O)[nH]1)[C@@H](c1ccc(F)cc1)CC(=O)N2. The number of hydrogen-bond donors (Lipinski definition) is 2. The van der Waals surface area contributed by atoms with Crippen molar-refractivity contribution in [3.05, 3.63) is 51.6 Å². The van der Waals surface area contributed by atoms with E-state index >= 15 is 0 Å². The van der Waals surface area contributed by atoms with Gasteiger partial charge < -0.3 is 10.3 Å². The summed E-state index contributed by atoms with van der Waals surface area (Å²) in [6.07, 6.45) is 1.10. The van der Waals surface area contributed by atoms with E-state index in [-0.39, 0.29) is 23.7 Å². The third kappa shape index (κ3) is 3.29. The molecule has 0 saturated carbocycles. The molecule has 5 nitrogen and oxygen atoms in total. The molecule has 0 unspecified atom stereocenters. The number of aromatic nitrogens is 2. The van der Waals surface area contributed by atoms with Gasteiger partial charge in [0.1, 0.15) is 11.6 Å². The molecule has 0 spiro atoms. The van der Waals surface area contributed by atoms with Gasteiger partial charge in [-0.25, -0.2) is 9.37 Å². The number of hydrogen-bond acceptors (Lipinski definition) is 4. The fourth-order valence-corrected chi connectivity index (χ4v) is 3.32. The number of rotatable bonds is 4. The Morgan fingerprint density at radius 2 is 2.04 bits per heavy atom. The average Bonchev–Trinajstić information content (AvgIpc) is 2.52. The van der Waals surface area contributed by atoms with Crippen LogP contribution in [0.15, 0.2) is 34.2 Å². The number of nitrogens with one attached hydrogen (secondary N) is 2. The maximum absolute atomic E-state index is 13.1. The fourth-order valence-electron chi connectivity index (χ4n) is 2.60. The van der Waals surface area contributed by atoms with Crippen molar-refractivity contribution in [2.45, 2.75) is 30.8 Å². The number of thioether (sulfide) groups is 1. The third-order valence-electron chi connectivity index (χ3n) is 3.64. The summed E-state index contributed by atoms with van der Waals surface area (Å²) in [5.41, 5.74) is 0.892. The van der Waals surface area contributed by atoms with Crippen LogP contribution in [0.5, 0.6) is 0 Å². The van der Waals surface area contributed by atoms with Gasteiger partial charge in [0, 0.05) is 18.1 Å². The second-order valence-electron chi connectivity index (χ2n) is 5.34. The van der Waals surface area contributed by atoms with Gasteiger partial charge in [0.25, 0.3) is 5.56 Å². The number of fused-ring (bicyclic) bond motifs is 1. The van der Waals surface area contributed by atoms with Crippen molar-refractivity contribution in [3.8, 4) is 0 Å². The standard InChI is InChI=1S/C16H16FN3O2S/c1-2-7-23-16-19-14-13(15(22)20-16)11(8-12(21)18-14)9-3-5-10(17)6-4-9/h3-6,11H,2,7-8H2,1H3,(H2,18,19,20,21,22)/t11-/m1/s1. The molecule has 1 atom stereocenters. The first kappa shape index (κ1) is 15.7. The summed E-state index contributed by atoms with van der Waals surface area (Å²) in [7, 11) is 0. The van der Waals surface area contributed by atoms with Crippen molar-refractivity contribution in [2.24, 2.45) is 0 Å². The van der Waals surface area contributed by atoms with E-state index < -0.39 is 5.92 Å². The molecule has 0 saturated heterocycles. The Morgan fingerprint density at radius 1 is 1.30 bits per heavy atom. The summed E-state index contributed by atoms with van der Waals surface area (Å²) >= 11 is 1.44. The molecule has 1 amide bonds. The van der Waals surface area contributed by atoms with Crippen LogP contribution in [-0.4, -0.2) is 21.6 Å². The second kappa shape index (κ2) is 6.54. The lowest BCUT2D eigenvalue weighted by atomic mass is 9.87. The van der Waals surface area contributed by atoms with Gasteiger partial charge in [-0.05, 0) is 24.1 Å². The van der Waals surface area contributed by atoms with E-state index in [0.717, 1.165) is 17.7 Å². The van der Waals surface area contributed by atoms with Crippen LogP contribution < -0.4 is 10.9 Å². The molecule has 1 aliphatic heterocycles. The summed E-state index contributed by atoms with van der Waals surface area (Å²) in [6.45, 7) is 2.04. The lowest BCUT2D eigenvalue weighted by Gasteiger charge is -2.24. The predicted octanol–water partition coefficient (Wildman–Crippen LogP) is 2.89. The summed E-state index contributed by atoms with van der Waals surface area (Å²) < 4.78 is 13.1. The Hall–Kier alpha value is -2.15. The van der Waals surface area contributed by atoms with Crippen molar-refractivity contribution in [1.82, 2.24) is 9.97 Å². The van der Waals surface area contributed by atoms with Crippen LogP contribution in [-0.2, 0) is 4.79 Å². The normalized spacial score (nSPS) is 16.8. The van der Waals surface area contributed by atoms with Crippen molar-refractivity contribution in [1.29, 1.82) is 0 Å². The van der Waals surface area contributed by atoms with Crippen LogP contribution in [0.3, 0.4) is 0 Å². The average molecular weight is 333 g/mol. The van der Waals surface area contributed by atoms with Gasteiger partial charge in [-0.3, -0.25) is 9.59 Å². The molecule has 2 heterocycles. The van der Waals surface area contributed by atoms with Crippen molar-refractivity contribution >= 4 is 23.5 Å². The minimum Gasteiger partial charge on any atom is -0.310 e. The lowest BCUT2D eigenvalue weighted by Crippen LogP contribution is -2.31. The van der Waals surface area contributed by atoms with Crippen molar-refractivity contribution in [2.75, 3.05) is 11.1 Å². The summed E-state index contributed by atoms with van der Waals surface area (Å²) in [5.74, 6) is 0.166. The number of amides is 1. The number of anilines is 1. The van der Waals surface area contributed by atoms with Crippen LogP contribution in [0, 0.1) is 5.82 Å². The van der Waals surface area contributed by atoms with E-state index in [0.29, 0.717) is 16.5 Å². The zero-order valence-electron chi connectivity index (χ0n) is 12.6. The van der Waals surface area contributed by atoms with Gasteiger partial charge >= 0.3 is 0 Å². The van der Waals surface area contributed by atoms with Crippen LogP contribution >= 0.6 is 11.8 Å². The molecule has 120 valence electrons. The van der Waals surface area contributed by atoms with Crippen LogP contribution in [0.4, 0.5) is 10.2 Å². The molecule has 1 aromatic carbocycles. The van der Waals surface area contributed by atoms with E-state index in [2.05, 4.69) is 15.3 Å². The quantitative estimate of drug-likeness (QED) is 0.666. The largest absolute Gasteiger partial charge is 0.310 e. The molecule has 1 aromatic heterocycles. The molecule has 2 N–H and O–H groups in total. The molecule has 3 rings (SSSR count). The number of aromatic amines is 1. The van der Waals surface area contributed by atoms with E-state index in [1.165, 1.54) is 23.9 Å². The van der Waals surface area contributed by atoms with Gasteiger partial charge in [0.05, 0.1) is 5.56 Å². The summed E-state index contributed by atoms with van der Waals surface area (Å²) in [4.78, 5) is 31.6. The maximum Gasteiger partial charge on any atom is 0.257 e. The Labute approximate surface area is 136 Å². The molecule has 7 heteroatoms. The van der Waals surface area contributed by atoms with Crippen molar-refractivity contribution < 1.29 is 9.18 Å². The number of nitrogens with zero attached hydrogens (tertiary/aromatic N) is 1. The van der Waals surface area contributed by atoms with E-state index in [1.54, 1.807) is 12.1 Å². The maximum atomic E-state index is 13.1. The van der Waals surface area contributed by atoms with Gasteiger partial charge in [-0.15, -0.1) is 0 Å². The minimum atomic E-state index is -0.416. The second-order valence-corrected chi connectivity index (χ2v) is 6.42. The highest BCUT2D eigenvalue weighted by Gasteiger charge is 2.30. The number of H-pyrrole nitrogens is 1. The predicted molar refractivity (Wildman–Crippen MR) is 87.4 cm³/mol. The summed E-state index contributed by atoms with van der Waals surface area (Å²) in [5, 5.41) is 3.17. The van der Waals surface area contributed by atoms with Crippen molar-refractivity contribution in [3.63, 3.8) is 0 Å². The molecule has 0 aliphatic carbocycles. The first-order valence-electron chi connectivity index (χ1n) is 7.40. The van der Waals surface area contributed by atoms with E-state index in [9.17, 15) is 14.0 Å². The Morgan fingerprint density at radius 3 is 2.74 bits per heavy atom. The Balaban J connectivity index is 2.05. The van der Waals surface area contributed by atoms with Gasteiger partial charge in [0.2, 0.25) is 5.91 Å². The molecular formula is C16H16FN3O2S. The molecular weight excluding hydrogens is 317 g/mol. The smallest absolute Gasteiger partial charge is 0.257 e. The van der Waals surface area contributed by atoms with Crippen LogP contribution in [0.2, 0.25) is 0 Å². The molecule has 0 bridgehead atoms. The molecule has 0 fully saturated rings. The lowest BCUT2D eigenvalue weighted by molar-refractivity contribution is -0.116. The number of carbonyl (C=O) groups is 1. The molecule has 1 aliphatic rings. The summed E-state index contributed by atoms with van der Waals surface area (Å²) in [6, 6.07) is 5.85. The number of carbonyl (C=O) groups excluding carboxylic acids is 1. The fraction of sp³-hybridized carbons (Fsp3) is 0.312. The topological polar surface area (TPSA) is 74.8 Å². The monoisotopic (exact) mass is 333 g/mol. The van der Waals surface area contributed by atoms with Gasteiger partial charge in [-0.1, -0.05) is 30.8 Å².